The summed E-state index contributed by atoms with van der Waals surface area (Å²) in [6, 6.07) is 10.3. The van der Waals surface area contributed by atoms with Gasteiger partial charge in [-0.15, -0.1) is 11.3 Å². The van der Waals surface area contributed by atoms with E-state index in [1.807, 2.05) is 25.2 Å². The number of anilines is 2. The van der Waals surface area contributed by atoms with Crippen molar-refractivity contribution < 1.29 is 0 Å². The summed E-state index contributed by atoms with van der Waals surface area (Å²) in [6.07, 6.45) is 1.62. The van der Waals surface area contributed by atoms with Crippen LogP contribution in [0.15, 0.2) is 36.7 Å². The Bertz CT molecular complexity index is 750. The second-order valence-corrected chi connectivity index (χ2v) is 5.90. The Morgan fingerprint density at radius 1 is 1.25 bits per heavy atom. The van der Waals surface area contributed by atoms with E-state index in [-0.39, 0.29) is 0 Å². The Labute approximate surface area is 121 Å². The molecule has 1 aromatic carbocycles. The molecule has 102 valence electrons. The number of nitrogens with two attached hydrogens (primary N) is 1. The van der Waals surface area contributed by atoms with E-state index in [0.29, 0.717) is 6.54 Å². The maximum Gasteiger partial charge on any atom is 0.144 e. The molecule has 20 heavy (non-hydrogen) atoms. The maximum absolute atomic E-state index is 5.83. The summed E-state index contributed by atoms with van der Waals surface area (Å²) in [5, 5.41) is 1.09. The van der Waals surface area contributed by atoms with Crippen molar-refractivity contribution in [1.82, 2.24) is 9.97 Å². The molecule has 3 rings (SSSR count). The summed E-state index contributed by atoms with van der Waals surface area (Å²) in [6.45, 7) is 2.60. The lowest BCUT2D eigenvalue weighted by atomic mass is 10.1. The number of rotatable bonds is 3. The van der Waals surface area contributed by atoms with Crippen LogP contribution in [0.3, 0.4) is 0 Å². The number of hydrogen-bond donors (Lipinski definition) is 1. The van der Waals surface area contributed by atoms with E-state index in [4.69, 9.17) is 5.73 Å². The Morgan fingerprint density at radius 2 is 2.05 bits per heavy atom. The van der Waals surface area contributed by atoms with E-state index >= 15 is 0 Å². The van der Waals surface area contributed by atoms with Crippen LogP contribution in [0.2, 0.25) is 0 Å². The Morgan fingerprint density at radius 3 is 2.85 bits per heavy atom. The van der Waals surface area contributed by atoms with Crippen LogP contribution in [-0.4, -0.2) is 17.0 Å². The third kappa shape index (κ3) is 2.15. The first-order chi connectivity index (χ1) is 9.70. The molecular formula is C15H16N4S. The summed E-state index contributed by atoms with van der Waals surface area (Å²) >= 11 is 1.69. The van der Waals surface area contributed by atoms with Gasteiger partial charge in [-0.1, -0.05) is 18.2 Å². The number of thiophene rings is 1. The molecule has 0 aliphatic carbocycles. The second-order valence-electron chi connectivity index (χ2n) is 4.67. The SMILES string of the molecule is Cc1cc2c(N(C)c3ccccc3CN)ncnc2s1. The Kier molecular flexibility index (Phi) is 3.38. The van der Waals surface area contributed by atoms with Gasteiger partial charge in [0.1, 0.15) is 17.0 Å². The number of aromatic nitrogens is 2. The van der Waals surface area contributed by atoms with Crippen molar-refractivity contribution in [1.29, 1.82) is 0 Å². The first-order valence-corrected chi connectivity index (χ1v) is 7.25. The van der Waals surface area contributed by atoms with Gasteiger partial charge in [-0.05, 0) is 24.6 Å². The minimum Gasteiger partial charge on any atom is -0.329 e. The maximum atomic E-state index is 5.83. The average molecular weight is 284 g/mol. The van der Waals surface area contributed by atoms with Crippen molar-refractivity contribution in [2.24, 2.45) is 5.73 Å². The smallest absolute Gasteiger partial charge is 0.144 e. The molecule has 0 saturated carbocycles. The number of nitrogens with zero attached hydrogens (tertiary/aromatic N) is 3. The highest BCUT2D eigenvalue weighted by Crippen LogP contribution is 2.33. The van der Waals surface area contributed by atoms with Crippen LogP contribution < -0.4 is 10.6 Å². The third-order valence-electron chi connectivity index (χ3n) is 3.32. The van der Waals surface area contributed by atoms with Gasteiger partial charge in [-0.25, -0.2) is 9.97 Å². The molecule has 0 amide bonds. The van der Waals surface area contributed by atoms with Crippen molar-refractivity contribution in [3.05, 3.63) is 47.1 Å². The highest BCUT2D eigenvalue weighted by Gasteiger charge is 2.14. The molecule has 5 heteroatoms. The molecule has 0 radical (unpaired) electrons. The molecule has 4 nitrogen and oxygen atoms in total. The minimum atomic E-state index is 0.511. The summed E-state index contributed by atoms with van der Waals surface area (Å²) in [5.74, 6) is 0.917. The van der Waals surface area contributed by atoms with Gasteiger partial charge in [-0.2, -0.15) is 0 Å². The zero-order valence-corrected chi connectivity index (χ0v) is 12.3. The van der Waals surface area contributed by atoms with Crippen molar-refractivity contribution >= 4 is 33.1 Å². The molecule has 3 aromatic rings. The van der Waals surface area contributed by atoms with Crippen LogP contribution in [0.25, 0.3) is 10.2 Å². The molecule has 0 unspecified atom stereocenters. The predicted molar refractivity (Wildman–Crippen MR) is 84.5 cm³/mol. The quantitative estimate of drug-likeness (QED) is 0.802. The van der Waals surface area contributed by atoms with Gasteiger partial charge < -0.3 is 10.6 Å². The zero-order chi connectivity index (χ0) is 14.1. The van der Waals surface area contributed by atoms with E-state index < -0.39 is 0 Å². The number of aryl methyl sites for hydroxylation is 1. The van der Waals surface area contributed by atoms with Crippen molar-refractivity contribution in [2.75, 3.05) is 11.9 Å². The lowest BCUT2D eigenvalue weighted by Crippen LogP contribution is -2.15. The van der Waals surface area contributed by atoms with Crippen LogP contribution in [0.1, 0.15) is 10.4 Å². The fraction of sp³-hybridized carbons (Fsp3) is 0.200. The molecule has 0 atom stereocenters. The number of fused-ring (bicyclic) bond motifs is 1. The molecule has 0 fully saturated rings. The number of benzene rings is 1. The number of hydrogen-bond acceptors (Lipinski definition) is 5. The molecule has 2 heterocycles. The molecule has 0 spiro atoms. The van der Waals surface area contributed by atoms with Gasteiger partial charge in [-0.3, -0.25) is 0 Å². The standard InChI is InChI=1S/C15H16N4S/c1-10-7-12-14(17-9-18-15(12)20-10)19(2)13-6-4-3-5-11(13)8-16/h3-7,9H,8,16H2,1-2H3. The molecular weight excluding hydrogens is 268 g/mol. The summed E-state index contributed by atoms with van der Waals surface area (Å²) in [7, 11) is 2.02. The van der Waals surface area contributed by atoms with Crippen molar-refractivity contribution in [3.8, 4) is 0 Å². The average Bonchev–Trinajstić information content (AvgIpc) is 2.86. The van der Waals surface area contributed by atoms with Crippen LogP contribution in [0.5, 0.6) is 0 Å². The van der Waals surface area contributed by atoms with E-state index in [1.165, 1.54) is 4.88 Å². The largest absolute Gasteiger partial charge is 0.329 e. The minimum absolute atomic E-state index is 0.511. The lowest BCUT2D eigenvalue weighted by Gasteiger charge is -2.21. The summed E-state index contributed by atoms with van der Waals surface area (Å²) in [5.41, 5.74) is 8.01. The van der Waals surface area contributed by atoms with E-state index in [0.717, 1.165) is 27.3 Å². The second kappa shape index (κ2) is 5.19. The Balaban J connectivity index is 2.15. The summed E-state index contributed by atoms with van der Waals surface area (Å²) < 4.78 is 0. The van der Waals surface area contributed by atoms with E-state index in [2.05, 4.69) is 33.9 Å². The fourth-order valence-electron chi connectivity index (χ4n) is 2.36. The fourth-order valence-corrected chi connectivity index (χ4v) is 3.20. The first-order valence-electron chi connectivity index (χ1n) is 6.43. The third-order valence-corrected chi connectivity index (χ3v) is 4.28. The normalized spacial score (nSPS) is 10.9. The van der Waals surface area contributed by atoms with Crippen LogP contribution in [-0.2, 0) is 6.54 Å². The topological polar surface area (TPSA) is 55.0 Å². The molecule has 0 bridgehead atoms. The molecule has 2 aromatic heterocycles. The zero-order valence-electron chi connectivity index (χ0n) is 11.5. The van der Waals surface area contributed by atoms with E-state index in [1.54, 1.807) is 17.7 Å². The molecule has 0 saturated heterocycles. The molecule has 0 aliphatic heterocycles. The van der Waals surface area contributed by atoms with Gasteiger partial charge >= 0.3 is 0 Å². The Hall–Kier alpha value is -1.98. The van der Waals surface area contributed by atoms with Gasteiger partial charge in [0.15, 0.2) is 0 Å². The predicted octanol–water partition coefficient (Wildman–Crippen LogP) is 3.23. The first kappa shape index (κ1) is 13.0. The summed E-state index contributed by atoms with van der Waals surface area (Å²) in [4.78, 5) is 13.1. The van der Waals surface area contributed by atoms with Gasteiger partial charge in [0.25, 0.3) is 0 Å². The van der Waals surface area contributed by atoms with Crippen LogP contribution in [0.4, 0.5) is 11.5 Å². The molecule has 0 aliphatic rings. The number of para-hydroxylation sites is 1. The van der Waals surface area contributed by atoms with Crippen molar-refractivity contribution in [3.63, 3.8) is 0 Å². The van der Waals surface area contributed by atoms with Crippen LogP contribution >= 0.6 is 11.3 Å². The monoisotopic (exact) mass is 284 g/mol. The highest BCUT2D eigenvalue weighted by atomic mass is 32.1. The van der Waals surface area contributed by atoms with Gasteiger partial charge in [0.05, 0.1) is 5.39 Å². The highest BCUT2D eigenvalue weighted by molar-refractivity contribution is 7.18. The lowest BCUT2D eigenvalue weighted by molar-refractivity contribution is 1.03. The van der Waals surface area contributed by atoms with Gasteiger partial charge in [0.2, 0.25) is 0 Å². The van der Waals surface area contributed by atoms with Crippen molar-refractivity contribution in [2.45, 2.75) is 13.5 Å². The van der Waals surface area contributed by atoms with E-state index in [9.17, 15) is 0 Å². The van der Waals surface area contributed by atoms with Crippen LogP contribution in [0, 0.1) is 6.92 Å². The van der Waals surface area contributed by atoms with Gasteiger partial charge in [0, 0.05) is 24.2 Å². The molecule has 2 N–H and O–H groups in total.